The van der Waals surface area contributed by atoms with Crippen LogP contribution in [-0.4, -0.2) is 29.9 Å². The van der Waals surface area contributed by atoms with Crippen molar-refractivity contribution in [1.82, 2.24) is 0 Å². The van der Waals surface area contributed by atoms with Gasteiger partial charge in [-0.25, -0.2) is 0 Å². The van der Waals surface area contributed by atoms with E-state index in [1.165, 1.54) is 12.0 Å². The molecule has 6 rings (SSSR count). The van der Waals surface area contributed by atoms with E-state index in [1.54, 1.807) is 7.11 Å². The normalized spacial score (nSPS) is 56.1. The van der Waals surface area contributed by atoms with Gasteiger partial charge in [-0.3, -0.25) is 4.79 Å². The van der Waals surface area contributed by atoms with Crippen molar-refractivity contribution in [2.24, 2.45) is 40.4 Å². The second kappa shape index (κ2) is 5.24. The minimum atomic E-state index is -0.328. The molecule has 1 spiro atoms. The average Bonchev–Trinajstić information content (AvgIpc) is 3.29. The minimum absolute atomic E-state index is 0.0218. The zero-order chi connectivity index (χ0) is 19.5. The van der Waals surface area contributed by atoms with Gasteiger partial charge in [-0.2, -0.15) is 0 Å². The topological polar surface area (TPSA) is 55.8 Å². The number of hydrogen-bond acceptors (Lipinski definition) is 4. The Hall–Kier alpha value is -1.29. The molecule has 4 nitrogen and oxygen atoms in total. The van der Waals surface area contributed by atoms with Gasteiger partial charge in [-0.1, -0.05) is 19.9 Å². The Kier molecular flexibility index (Phi) is 3.29. The quantitative estimate of drug-likeness (QED) is 0.695. The van der Waals surface area contributed by atoms with Crippen LogP contribution in [0.25, 0.3) is 0 Å². The van der Waals surface area contributed by atoms with Crippen LogP contribution >= 0.6 is 0 Å². The molecule has 0 bridgehead atoms. The summed E-state index contributed by atoms with van der Waals surface area (Å²) in [4.78, 5) is 12.1. The molecular weight excluding hydrogens is 352 g/mol. The largest absolute Gasteiger partial charge is 0.501 e. The summed E-state index contributed by atoms with van der Waals surface area (Å²) in [5.41, 5.74) is 1.02. The summed E-state index contributed by atoms with van der Waals surface area (Å²) in [6.07, 6.45) is 10.8. The van der Waals surface area contributed by atoms with E-state index in [-0.39, 0.29) is 28.5 Å². The van der Waals surface area contributed by atoms with Gasteiger partial charge in [0.15, 0.2) is 0 Å². The highest BCUT2D eigenvalue weighted by molar-refractivity contribution is 5.73. The van der Waals surface area contributed by atoms with E-state index in [2.05, 4.69) is 26.0 Å². The lowest BCUT2D eigenvalue weighted by molar-refractivity contribution is -0.192. The number of hydrogen-bond donors (Lipinski definition) is 1. The van der Waals surface area contributed by atoms with Gasteiger partial charge < -0.3 is 14.6 Å². The molecule has 1 aliphatic heterocycles. The van der Waals surface area contributed by atoms with Crippen molar-refractivity contribution in [3.05, 3.63) is 23.5 Å². The Morgan fingerprint density at radius 1 is 1.18 bits per heavy atom. The molecule has 5 aliphatic carbocycles. The minimum Gasteiger partial charge on any atom is -0.501 e. The third-order valence-electron chi connectivity index (χ3n) is 10.0. The van der Waals surface area contributed by atoms with E-state index in [9.17, 15) is 9.90 Å². The Morgan fingerprint density at radius 2 is 2.00 bits per heavy atom. The number of ether oxygens (including phenoxy) is 2. The van der Waals surface area contributed by atoms with Crippen LogP contribution < -0.4 is 0 Å². The summed E-state index contributed by atoms with van der Waals surface area (Å²) in [6.45, 7) is 4.71. The first-order valence-corrected chi connectivity index (χ1v) is 11.2. The fraction of sp³-hybridized carbons (Fsp3) is 0.792. The number of rotatable bonds is 1. The number of methoxy groups -OCH3 is 1. The zero-order valence-electron chi connectivity index (χ0n) is 17.2. The van der Waals surface area contributed by atoms with Crippen molar-refractivity contribution in [2.75, 3.05) is 7.11 Å². The molecule has 1 heterocycles. The maximum absolute atomic E-state index is 12.1. The molecule has 6 aliphatic rings. The van der Waals surface area contributed by atoms with E-state index in [0.717, 1.165) is 37.9 Å². The zero-order valence-corrected chi connectivity index (χ0v) is 17.2. The number of aliphatic hydroxyl groups excluding tert-OH is 1. The molecule has 0 radical (unpaired) electrons. The summed E-state index contributed by atoms with van der Waals surface area (Å²) >= 11 is 0. The molecule has 152 valence electrons. The molecule has 3 unspecified atom stereocenters. The van der Waals surface area contributed by atoms with Gasteiger partial charge in [0.25, 0.3) is 0 Å². The lowest BCUT2D eigenvalue weighted by Crippen LogP contribution is -2.60. The number of allylic oxidation sites excluding steroid dienone is 4. The van der Waals surface area contributed by atoms with E-state index in [4.69, 9.17) is 9.47 Å². The predicted molar refractivity (Wildman–Crippen MR) is 104 cm³/mol. The van der Waals surface area contributed by atoms with Crippen LogP contribution in [0.15, 0.2) is 23.5 Å². The molecule has 0 aromatic carbocycles. The van der Waals surface area contributed by atoms with Crippen LogP contribution in [0.2, 0.25) is 0 Å². The van der Waals surface area contributed by atoms with Crippen molar-refractivity contribution in [3.8, 4) is 0 Å². The van der Waals surface area contributed by atoms with Crippen molar-refractivity contribution >= 4 is 5.97 Å². The third-order valence-corrected chi connectivity index (χ3v) is 10.0. The summed E-state index contributed by atoms with van der Waals surface area (Å²) in [7, 11) is 1.76. The lowest BCUT2D eigenvalue weighted by Gasteiger charge is -2.60. The maximum Gasteiger partial charge on any atom is 0.306 e. The van der Waals surface area contributed by atoms with Crippen LogP contribution in [0.1, 0.15) is 58.8 Å². The van der Waals surface area contributed by atoms with Crippen molar-refractivity contribution < 1.29 is 19.4 Å². The summed E-state index contributed by atoms with van der Waals surface area (Å²) < 4.78 is 11.7. The first kappa shape index (κ1) is 17.6. The molecule has 4 fully saturated rings. The van der Waals surface area contributed by atoms with Crippen LogP contribution in [0.4, 0.5) is 0 Å². The number of esters is 1. The highest BCUT2D eigenvalue weighted by atomic mass is 16.6. The fourth-order valence-electron chi connectivity index (χ4n) is 8.95. The van der Waals surface area contributed by atoms with Crippen LogP contribution in [0, 0.1) is 40.4 Å². The Labute approximate surface area is 167 Å². The van der Waals surface area contributed by atoms with Gasteiger partial charge >= 0.3 is 5.97 Å². The molecule has 1 saturated heterocycles. The Bertz CT molecular complexity index is 813. The standard InChI is InChI=1S/C24H32O4/c1-22-8-6-14(27-3)10-13(22)4-5-15-20-16-11-17(16)24(9-7-19(26)28-24)23(20,2)12-18(25)21(15)22/h4,10,15-18,20-21,25H,5-9,11-12H2,1-3H3/t15?,16-,17+,18-,20?,21?,22+,23+,24+/m1/s1. The summed E-state index contributed by atoms with van der Waals surface area (Å²) in [6, 6.07) is 0. The molecule has 9 atom stereocenters. The number of carbonyl (C=O) groups excluding carboxylic acids is 1. The van der Waals surface area contributed by atoms with Crippen LogP contribution in [0.5, 0.6) is 0 Å². The number of aliphatic hydroxyl groups is 1. The van der Waals surface area contributed by atoms with Gasteiger partial charge in [0.1, 0.15) is 5.60 Å². The van der Waals surface area contributed by atoms with Gasteiger partial charge in [-0.15, -0.1) is 0 Å². The van der Waals surface area contributed by atoms with Gasteiger partial charge in [-0.05, 0) is 72.8 Å². The summed E-state index contributed by atoms with van der Waals surface area (Å²) in [5.74, 6) is 3.62. The molecular formula is C24H32O4. The fourth-order valence-corrected chi connectivity index (χ4v) is 8.95. The SMILES string of the molecule is COC1=CC2=CCC3C([C@H](O)C[C@@]4(C)C3[C@@H]3C[C@@H]3[C@@]43CCC(=O)O3)[C@@]2(C)CC1. The number of fused-ring (bicyclic) bond motifs is 9. The summed E-state index contributed by atoms with van der Waals surface area (Å²) in [5, 5.41) is 11.5. The molecule has 3 saturated carbocycles. The van der Waals surface area contributed by atoms with E-state index in [1.807, 2.05) is 0 Å². The van der Waals surface area contributed by atoms with Crippen molar-refractivity contribution in [1.29, 1.82) is 0 Å². The predicted octanol–water partition coefficient (Wildman–Crippen LogP) is 3.99. The van der Waals surface area contributed by atoms with Gasteiger partial charge in [0, 0.05) is 24.2 Å². The number of carbonyl (C=O) groups is 1. The van der Waals surface area contributed by atoms with Crippen LogP contribution in [0.3, 0.4) is 0 Å². The monoisotopic (exact) mass is 384 g/mol. The average molecular weight is 385 g/mol. The maximum atomic E-state index is 12.1. The Morgan fingerprint density at radius 3 is 2.71 bits per heavy atom. The molecule has 4 heteroatoms. The molecule has 0 aromatic rings. The Balaban J connectivity index is 1.43. The first-order valence-electron chi connectivity index (χ1n) is 11.2. The third kappa shape index (κ3) is 1.85. The molecule has 1 N–H and O–H groups in total. The molecule has 28 heavy (non-hydrogen) atoms. The smallest absolute Gasteiger partial charge is 0.306 e. The highest BCUT2D eigenvalue weighted by Crippen LogP contribution is 2.78. The van der Waals surface area contributed by atoms with Gasteiger partial charge in [0.2, 0.25) is 0 Å². The highest BCUT2D eigenvalue weighted by Gasteiger charge is 2.79. The first-order chi connectivity index (χ1) is 13.3. The van der Waals surface area contributed by atoms with E-state index >= 15 is 0 Å². The molecule has 0 aromatic heterocycles. The van der Waals surface area contributed by atoms with Crippen LogP contribution in [-0.2, 0) is 14.3 Å². The van der Waals surface area contributed by atoms with E-state index in [0.29, 0.717) is 36.0 Å². The van der Waals surface area contributed by atoms with Gasteiger partial charge in [0.05, 0.1) is 19.0 Å². The lowest BCUT2D eigenvalue weighted by atomic mass is 9.45. The second-order valence-electron chi connectivity index (χ2n) is 10.9. The van der Waals surface area contributed by atoms with E-state index < -0.39 is 0 Å². The van der Waals surface area contributed by atoms with Crippen molar-refractivity contribution in [3.63, 3.8) is 0 Å². The van der Waals surface area contributed by atoms with Crippen molar-refractivity contribution in [2.45, 2.75) is 70.5 Å². The molecule has 0 amide bonds. The second-order valence-corrected chi connectivity index (χ2v) is 10.9.